The smallest absolute Gasteiger partial charge is 0.0704 e. The third-order valence-corrected chi connectivity index (χ3v) is 8.86. The minimum Gasteiger partial charge on any atom is -0.379 e. The monoisotopic (exact) mass is 766 g/mol. The normalized spacial score (nSPS) is 13.8. The molecule has 0 unspecified atom stereocenters. The number of ether oxygens (including phenoxy) is 11. The molecule has 0 aromatic rings. The lowest BCUT2D eigenvalue weighted by Gasteiger charge is -2.22. The van der Waals surface area contributed by atoms with E-state index in [2.05, 4.69) is 12.2 Å². The molecule has 0 spiro atoms. The molecule has 12 heteroatoms. The van der Waals surface area contributed by atoms with E-state index in [0.717, 1.165) is 39.0 Å². The Morgan fingerprint density at radius 2 is 0.547 bits per heavy atom. The van der Waals surface area contributed by atoms with Crippen molar-refractivity contribution >= 4 is 0 Å². The van der Waals surface area contributed by atoms with E-state index in [0.29, 0.717) is 138 Å². The van der Waals surface area contributed by atoms with E-state index in [-0.39, 0.29) is 0 Å². The molecule has 53 heavy (non-hydrogen) atoms. The van der Waals surface area contributed by atoms with Gasteiger partial charge in [-0.05, 0) is 32.4 Å². The lowest BCUT2D eigenvalue weighted by Crippen LogP contribution is -2.33. The van der Waals surface area contributed by atoms with Gasteiger partial charge in [0.2, 0.25) is 0 Å². The van der Waals surface area contributed by atoms with Crippen LogP contribution in [0.1, 0.15) is 110 Å². The molecule has 0 aliphatic carbocycles. The number of rotatable bonds is 46. The van der Waals surface area contributed by atoms with Gasteiger partial charge in [0.25, 0.3) is 0 Å². The predicted octanol–water partition coefficient (Wildman–Crippen LogP) is 6.40. The van der Waals surface area contributed by atoms with Crippen molar-refractivity contribution in [3.05, 3.63) is 0 Å². The van der Waals surface area contributed by atoms with E-state index < -0.39 is 0 Å². The van der Waals surface area contributed by atoms with Crippen LogP contribution in [0, 0.1) is 0 Å². The standard InChI is InChI=1S/C41H83NO11/c1-2-3-4-5-6-7-8-9-10-11-12-13-14-15-20-43-21-22-44-23-24-45-25-26-46-27-28-47-29-30-48-31-32-49-33-34-50-35-36-51-37-38-52-39-40-53-41-16-18-42-19-17-41/h41-42H,2-40H2,1H3. The van der Waals surface area contributed by atoms with Crippen molar-refractivity contribution in [3.8, 4) is 0 Å². The van der Waals surface area contributed by atoms with Crippen LogP contribution < -0.4 is 5.32 Å². The second-order valence-corrected chi connectivity index (χ2v) is 13.5. The molecule has 318 valence electrons. The molecule has 0 radical (unpaired) electrons. The van der Waals surface area contributed by atoms with E-state index in [1.807, 2.05) is 0 Å². The van der Waals surface area contributed by atoms with Crippen LogP contribution >= 0.6 is 0 Å². The molecular formula is C41H83NO11. The van der Waals surface area contributed by atoms with Crippen LogP contribution in [0.25, 0.3) is 0 Å². The average molecular weight is 766 g/mol. The van der Waals surface area contributed by atoms with Crippen molar-refractivity contribution < 1.29 is 52.1 Å². The Balaban J connectivity index is 1.59. The Morgan fingerprint density at radius 1 is 0.302 bits per heavy atom. The van der Waals surface area contributed by atoms with Crippen LogP contribution in [0.4, 0.5) is 0 Å². The second kappa shape index (κ2) is 45.9. The molecule has 0 amide bonds. The Bertz CT molecular complexity index is 661. The second-order valence-electron chi connectivity index (χ2n) is 13.5. The highest BCUT2D eigenvalue weighted by molar-refractivity contribution is 4.67. The molecule has 1 N–H and O–H groups in total. The zero-order valence-corrected chi connectivity index (χ0v) is 34.1. The summed E-state index contributed by atoms with van der Waals surface area (Å²) >= 11 is 0. The largest absolute Gasteiger partial charge is 0.379 e. The van der Waals surface area contributed by atoms with Crippen LogP contribution in [0.5, 0.6) is 0 Å². The number of piperidine rings is 1. The number of unbranched alkanes of at least 4 members (excludes halogenated alkanes) is 13. The molecule has 1 aliphatic rings. The number of hydrogen-bond acceptors (Lipinski definition) is 12. The fourth-order valence-corrected chi connectivity index (χ4v) is 5.72. The van der Waals surface area contributed by atoms with Crippen LogP contribution in [-0.4, -0.2) is 158 Å². The van der Waals surface area contributed by atoms with Crippen molar-refractivity contribution in [2.45, 2.75) is 116 Å². The van der Waals surface area contributed by atoms with Gasteiger partial charge in [0.1, 0.15) is 0 Å². The van der Waals surface area contributed by atoms with Crippen molar-refractivity contribution in [1.82, 2.24) is 5.32 Å². The van der Waals surface area contributed by atoms with Crippen LogP contribution in [0.2, 0.25) is 0 Å². The van der Waals surface area contributed by atoms with Crippen molar-refractivity contribution in [2.24, 2.45) is 0 Å². The summed E-state index contributed by atoms with van der Waals surface area (Å²) in [6.45, 7) is 16.4. The summed E-state index contributed by atoms with van der Waals surface area (Å²) in [5.41, 5.74) is 0. The first kappa shape index (κ1) is 50.5. The summed E-state index contributed by atoms with van der Waals surface area (Å²) in [4.78, 5) is 0. The van der Waals surface area contributed by atoms with Crippen molar-refractivity contribution in [3.63, 3.8) is 0 Å². The van der Waals surface area contributed by atoms with Gasteiger partial charge in [-0.3, -0.25) is 0 Å². The Hall–Kier alpha value is -0.480. The SMILES string of the molecule is CCCCCCCCCCCCCCCCOCCOCCOCCOCCOCCOCCOCCOCCOCCOCCOC1CCNCC1. The summed E-state index contributed by atoms with van der Waals surface area (Å²) in [6.07, 6.45) is 21.8. The molecule has 0 aromatic heterocycles. The molecular weight excluding hydrogens is 682 g/mol. The van der Waals surface area contributed by atoms with Gasteiger partial charge >= 0.3 is 0 Å². The Morgan fingerprint density at radius 3 is 0.849 bits per heavy atom. The molecule has 1 saturated heterocycles. The quantitative estimate of drug-likeness (QED) is 0.0692. The van der Waals surface area contributed by atoms with Gasteiger partial charge < -0.3 is 57.4 Å². The van der Waals surface area contributed by atoms with Gasteiger partial charge in [-0.25, -0.2) is 0 Å². The third kappa shape index (κ3) is 42.5. The minimum absolute atomic E-state index is 0.375. The summed E-state index contributed by atoms with van der Waals surface area (Å²) in [6, 6.07) is 0. The van der Waals surface area contributed by atoms with E-state index in [1.54, 1.807) is 0 Å². The van der Waals surface area contributed by atoms with Crippen LogP contribution in [0.15, 0.2) is 0 Å². The van der Waals surface area contributed by atoms with Crippen LogP contribution in [0.3, 0.4) is 0 Å². The Labute approximate surface area is 324 Å². The van der Waals surface area contributed by atoms with Gasteiger partial charge in [0, 0.05) is 6.61 Å². The van der Waals surface area contributed by atoms with Gasteiger partial charge in [-0.1, -0.05) is 90.4 Å². The highest BCUT2D eigenvalue weighted by Gasteiger charge is 2.12. The average Bonchev–Trinajstić information content (AvgIpc) is 3.18. The van der Waals surface area contributed by atoms with Gasteiger partial charge in [-0.2, -0.15) is 0 Å². The molecule has 0 aromatic carbocycles. The molecule has 0 saturated carbocycles. The summed E-state index contributed by atoms with van der Waals surface area (Å²) in [5, 5.41) is 3.33. The lowest BCUT2D eigenvalue weighted by atomic mass is 10.0. The van der Waals surface area contributed by atoms with E-state index >= 15 is 0 Å². The van der Waals surface area contributed by atoms with E-state index in [4.69, 9.17) is 52.1 Å². The maximum absolute atomic E-state index is 5.80. The van der Waals surface area contributed by atoms with Crippen molar-refractivity contribution in [2.75, 3.05) is 152 Å². The highest BCUT2D eigenvalue weighted by Crippen LogP contribution is 2.13. The topological polar surface area (TPSA) is 114 Å². The van der Waals surface area contributed by atoms with Crippen molar-refractivity contribution in [1.29, 1.82) is 0 Å². The first-order valence-corrected chi connectivity index (χ1v) is 21.5. The highest BCUT2D eigenvalue weighted by atomic mass is 16.6. The number of nitrogens with one attached hydrogen (secondary N) is 1. The third-order valence-electron chi connectivity index (χ3n) is 8.86. The maximum Gasteiger partial charge on any atom is 0.0704 e. The summed E-state index contributed by atoms with van der Waals surface area (Å²) in [5.74, 6) is 0. The first-order chi connectivity index (χ1) is 26.4. The molecule has 0 atom stereocenters. The molecule has 1 heterocycles. The fraction of sp³-hybridized carbons (Fsp3) is 1.00. The zero-order chi connectivity index (χ0) is 37.6. The maximum atomic E-state index is 5.80. The van der Waals surface area contributed by atoms with Gasteiger partial charge in [0.15, 0.2) is 0 Å². The van der Waals surface area contributed by atoms with Crippen LogP contribution in [-0.2, 0) is 52.1 Å². The predicted molar refractivity (Wildman–Crippen MR) is 210 cm³/mol. The zero-order valence-electron chi connectivity index (χ0n) is 34.1. The minimum atomic E-state index is 0.375. The Kier molecular flexibility index (Phi) is 43.8. The lowest BCUT2D eigenvalue weighted by molar-refractivity contribution is -0.0324. The number of hydrogen-bond donors (Lipinski definition) is 1. The molecule has 1 rings (SSSR count). The fourth-order valence-electron chi connectivity index (χ4n) is 5.72. The van der Waals surface area contributed by atoms with E-state index in [1.165, 1.54) is 83.5 Å². The molecule has 0 bridgehead atoms. The van der Waals surface area contributed by atoms with Gasteiger partial charge in [0.05, 0.1) is 138 Å². The molecule has 1 aliphatic heterocycles. The van der Waals surface area contributed by atoms with E-state index in [9.17, 15) is 0 Å². The summed E-state index contributed by atoms with van der Waals surface area (Å²) in [7, 11) is 0. The molecule has 12 nitrogen and oxygen atoms in total. The van der Waals surface area contributed by atoms with Gasteiger partial charge in [-0.15, -0.1) is 0 Å². The molecule has 1 fully saturated rings. The first-order valence-electron chi connectivity index (χ1n) is 21.5. The summed E-state index contributed by atoms with van der Waals surface area (Å²) < 4.78 is 61.3.